The van der Waals surface area contributed by atoms with Crippen LogP contribution in [0.1, 0.15) is 69.1 Å². The number of nitrogens with zero attached hydrogens (tertiary/aromatic N) is 4. The summed E-state index contributed by atoms with van der Waals surface area (Å²) in [5, 5.41) is 12.4. The Hall–Kier alpha value is -1.43. The van der Waals surface area contributed by atoms with Gasteiger partial charge in [-0.3, -0.25) is 4.79 Å². The van der Waals surface area contributed by atoms with Crippen LogP contribution in [0.2, 0.25) is 0 Å². The summed E-state index contributed by atoms with van der Waals surface area (Å²) in [6.45, 7) is 4.07. The molecule has 3 fully saturated rings. The van der Waals surface area contributed by atoms with Gasteiger partial charge < -0.3 is 14.8 Å². The van der Waals surface area contributed by atoms with Gasteiger partial charge in [-0.05, 0) is 69.9 Å². The molecule has 4 aliphatic rings. The number of carbonyl (C=O) groups excluding carboxylic acids is 1. The summed E-state index contributed by atoms with van der Waals surface area (Å²) in [7, 11) is 0. The first-order valence-corrected chi connectivity index (χ1v) is 10.2. The van der Waals surface area contributed by atoms with Gasteiger partial charge in [-0.15, -0.1) is 10.2 Å². The van der Waals surface area contributed by atoms with Crippen LogP contribution in [-0.2, 0) is 17.8 Å². The molecule has 6 nitrogen and oxygen atoms in total. The monoisotopic (exact) mass is 343 g/mol. The second-order valence-electron chi connectivity index (χ2n) is 8.50. The quantitative estimate of drug-likeness (QED) is 0.893. The van der Waals surface area contributed by atoms with Gasteiger partial charge in [0.2, 0.25) is 5.91 Å². The molecular weight excluding hydrogens is 314 g/mol. The molecule has 5 rings (SSSR count). The first-order valence-electron chi connectivity index (χ1n) is 10.2. The molecule has 1 amide bonds. The van der Waals surface area contributed by atoms with Crippen LogP contribution in [0.5, 0.6) is 0 Å². The lowest BCUT2D eigenvalue weighted by Gasteiger charge is -2.36. The molecule has 3 aliphatic heterocycles. The maximum absolute atomic E-state index is 13.4. The molecule has 2 saturated heterocycles. The number of fused-ring (bicyclic) bond motifs is 1. The molecule has 1 spiro atoms. The molecule has 1 N–H and O–H groups in total. The van der Waals surface area contributed by atoms with E-state index in [9.17, 15) is 4.79 Å². The number of amides is 1. The molecule has 0 bridgehead atoms. The van der Waals surface area contributed by atoms with E-state index in [-0.39, 0.29) is 12.0 Å². The first-order chi connectivity index (χ1) is 12.3. The van der Waals surface area contributed by atoms with Crippen LogP contribution in [0.4, 0.5) is 0 Å². The highest BCUT2D eigenvalue weighted by Crippen LogP contribution is 2.59. The van der Waals surface area contributed by atoms with Crippen molar-refractivity contribution in [3.8, 4) is 0 Å². The zero-order chi connectivity index (χ0) is 16.9. The second-order valence-corrected chi connectivity index (χ2v) is 8.50. The minimum absolute atomic E-state index is 0.153. The van der Waals surface area contributed by atoms with Gasteiger partial charge in [0.1, 0.15) is 5.82 Å². The van der Waals surface area contributed by atoms with Gasteiger partial charge in [-0.2, -0.15) is 0 Å². The number of aromatic nitrogens is 3. The summed E-state index contributed by atoms with van der Waals surface area (Å²) in [6.07, 6.45) is 10.3. The summed E-state index contributed by atoms with van der Waals surface area (Å²) in [6, 6.07) is 0.153. The maximum Gasteiger partial charge on any atom is 0.226 e. The van der Waals surface area contributed by atoms with Crippen LogP contribution in [0.15, 0.2) is 0 Å². The molecular formula is C19H29N5O. The van der Waals surface area contributed by atoms with Crippen molar-refractivity contribution in [1.29, 1.82) is 0 Å². The van der Waals surface area contributed by atoms with Crippen LogP contribution in [0.25, 0.3) is 0 Å². The Bertz CT molecular complexity index is 663. The van der Waals surface area contributed by atoms with E-state index in [0.717, 1.165) is 63.5 Å². The summed E-state index contributed by atoms with van der Waals surface area (Å²) >= 11 is 0. The van der Waals surface area contributed by atoms with Gasteiger partial charge >= 0.3 is 0 Å². The van der Waals surface area contributed by atoms with Crippen LogP contribution in [0, 0.1) is 11.3 Å². The van der Waals surface area contributed by atoms with E-state index in [2.05, 4.69) is 25.0 Å². The van der Waals surface area contributed by atoms with Gasteiger partial charge in [0.05, 0.1) is 6.04 Å². The number of carbonyl (C=O) groups is 1. The Labute approximate surface area is 149 Å². The Kier molecular flexibility index (Phi) is 3.84. The smallest absolute Gasteiger partial charge is 0.226 e. The maximum atomic E-state index is 13.4. The third-order valence-corrected chi connectivity index (χ3v) is 7.06. The molecule has 6 heteroatoms. The number of hydrogen-bond donors (Lipinski definition) is 1. The zero-order valence-electron chi connectivity index (χ0n) is 15.0. The topological polar surface area (TPSA) is 63.1 Å². The lowest BCUT2D eigenvalue weighted by molar-refractivity contribution is -0.137. The number of aryl methyl sites for hydroxylation is 1. The lowest BCUT2D eigenvalue weighted by atomic mass is 9.91. The fourth-order valence-corrected chi connectivity index (χ4v) is 5.42. The van der Waals surface area contributed by atoms with Gasteiger partial charge in [0, 0.05) is 25.4 Å². The fraction of sp³-hybridized carbons (Fsp3) is 0.842. The summed E-state index contributed by atoms with van der Waals surface area (Å²) in [5.74, 6) is 2.85. The van der Waals surface area contributed by atoms with Crippen molar-refractivity contribution in [1.82, 2.24) is 25.0 Å². The largest absolute Gasteiger partial charge is 0.332 e. The highest BCUT2D eigenvalue weighted by molar-refractivity contribution is 5.83. The van der Waals surface area contributed by atoms with Crippen molar-refractivity contribution in [2.45, 2.75) is 70.4 Å². The molecule has 1 aromatic heterocycles. The lowest BCUT2D eigenvalue weighted by Crippen LogP contribution is -2.42. The Balaban J connectivity index is 1.38. The average Bonchev–Trinajstić information content (AvgIpc) is 3.17. The van der Waals surface area contributed by atoms with Crippen molar-refractivity contribution in [3.63, 3.8) is 0 Å². The molecule has 25 heavy (non-hydrogen) atoms. The number of nitrogens with one attached hydrogen (secondary N) is 1. The normalized spacial score (nSPS) is 31.0. The van der Waals surface area contributed by atoms with E-state index < -0.39 is 0 Å². The highest BCUT2D eigenvalue weighted by atomic mass is 16.2. The molecule has 1 aliphatic carbocycles. The van der Waals surface area contributed by atoms with Gasteiger partial charge in [0.25, 0.3) is 0 Å². The zero-order valence-corrected chi connectivity index (χ0v) is 15.0. The molecule has 0 radical (unpaired) electrons. The molecule has 2 unspecified atom stereocenters. The standard InChI is InChI=1S/C19H29N5O/c25-18(14-13-19(14)7-9-20-10-8-19)23-11-3-1-5-15(23)17-22-21-16-6-2-4-12-24(16)17/h14-15,20H,1-13H2. The Morgan fingerprint density at radius 3 is 2.80 bits per heavy atom. The highest BCUT2D eigenvalue weighted by Gasteiger charge is 2.59. The SMILES string of the molecule is O=C(C1CC12CCNCC2)N1CCCCC1c1nnc2n1CCCC2. The van der Waals surface area contributed by atoms with Crippen molar-refractivity contribution in [3.05, 3.63) is 11.6 Å². The predicted molar refractivity (Wildman–Crippen MR) is 93.9 cm³/mol. The molecule has 4 heterocycles. The Morgan fingerprint density at radius 2 is 1.92 bits per heavy atom. The van der Waals surface area contributed by atoms with Crippen LogP contribution in [0.3, 0.4) is 0 Å². The van der Waals surface area contributed by atoms with Crippen molar-refractivity contribution in [2.24, 2.45) is 11.3 Å². The molecule has 1 saturated carbocycles. The van der Waals surface area contributed by atoms with Crippen LogP contribution in [-0.4, -0.2) is 45.2 Å². The van der Waals surface area contributed by atoms with Crippen molar-refractivity contribution < 1.29 is 4.79 Å². The minimum Gasteiger partial charge on any atom is -0.332 e. The first kappa shape index (κ1) is 15.8. The van der Waals surface area contributed by atoms with E-state index in [1.54, 1.807) is 0 Å². The number of likely N-dealkylation sites (tertiary alicyclic amines) is 1. The van der Waals surface area contributed by atoms with E-state index in [0.29, 0.717) is 11.3 Å². The van der Waals surface area contributed by atoms with Crippen LogP contribution < -0.4 is 5.32 Å². The molecule has 136 valence electrons. The fourth-order valence-electron chi connectivity index (χ4n) is 5.42. The summed E-state index contributed by atoms with van der Waals surface area (Å²) < 4.78 is 2.31. The predicted octanol–water partition coefficient (Wildman–Crippen LogP) is 2.06. The number of piperidine rings is 2. The number of hydrogen-bond acceptors (Lipinski definition) is 4. The molecule has 1 aromatic rings. The van der Waals surface area contributed by atoms with Gasteiger partial charge in [-0.25, -0.2) is 0 Å². The van der Waals surface area contributed by atoms with E-state index in [4.69, 9.17) is 0 Å². The van der Waals surface area contributed by atoms with E-state index in [1.807, 2.05) is 0 Å². The van der Waals surface area contributed by atoms with E-state index in [1.165, 1.54) is 32.1 Å². The Morgan fingerprint density at radius 1 is 1.08 bits per heavy atom. The van der Waals surface area contributed by atoms with Crippen molar-refractivity contribution in [2.75, 3.05) is 19.6 Å². The summed E-state index contributed by atoms with van der Waals surface area (Å²) in [5.41, 5.74) is 0.314. The third-order valence-electron chi connectivity index (χ3n) is 7.06. The molecule has 2 atom stereocenters. The van der Waals surface area contributed by atoms with E-state index >= 15 is 0 Å². The number of rotatable bonds is 2. The van der Waals surface area contributed by atoms with Gasteiger partial charge in [-0.1, -0.05) is 0 Å². The van der Waals surface area contributed by atoms with Gasteiger partial charge in [0.15, 0.2) is 5.82 Å². The molecule has 0 aromatic carbocycles. The van der Waals surface area contributed by atoms with Crippen molar-refractivity contribution >= 4 is 5.91 Å². The third kappa shape index (κ3) is 2.60. The summed E-state index contributed by atoms with van der Waals surface area (Å²) in [4.78, 5) is 15.5. The minimum atomic E-state index is 0.153. The second kappa shape index (κ2) is 6.08. The van der Waals surface area contributed by atoms with Crippen LogP contribution >= 0.6 is 0 Å². The average molecular weight is 343 g/mol.